The number of anilines is 2. The van der Waals surface area contributed by atoms with Crippen molar-refractivity contribution in [2.24, 2.45) is 0 Å². The number of carbonyl (C=O) groups excluding carboxylic acids is 1. The fraction of sp³-hybridized carbons (Fsp3) is 0.500. The molecule has 1 aromatic carbocycles. The molecule has 0 saturated heterocycles. The first-order valence-electron chi connectivity index (χ1n) is 6.52. The van der Waals surface area contributed by atoms with Crippen LogP contribution in [0.2, 0.25) is 0 Å². The van der Waals surface area contributed by atoms with Crippen molar-refractivity contribution in [1.82, 2.24) is 4.90 Å². The molecule has 1 aromatic rings. The van der Waals surface area contributed by atoms with Crippen molar-refractivity contribution >= 4 is 17.3 Å². The molecular weight excluding hydrogens is 258 g/mol. The summed E-state index contributed by atoms with van der Waals surface area (Å²) in [6.45, 7) is 1.84. The van der Waals surface area contributed by atoms with Crippen LogP contribution >= 0.6 is 0 Å². The minimum atomic E-state index is -0.0423. The molecule has 0 aromatic heterocycles. The summed E-state index contributed by atoms with van der Waals surface area (Å²) in [4.78, 5) is 15.6. The largest absolute Gasteiger partial charge is 0.399 e. The van der Waals surface area contributed by atoms with Crippen LogP contribution in [0.4, 0.5) is 11.4 Å². The van der Waals surface area contributed by atoms with Crippen molar-refractivity contribution in [3.05, 3.63) is 24.3 Å². The number of nitrogen functional groups attached to an aromatic ring is 1. The summed E-state index contributed by atoms with van der Waals surface area (Å²) in [5.74, 6) is -0.0423. The lowest BCUT2D eigenvalue weighted by Gasteiger charge is -2.24. The number of rotatable bonds is 8. The van der Waals surface area contributed by atoms with E-state index in [0.29, 0.717) is 25.4 Å². The van der Waals surface area contributed by atoms with E-state index in [0.717, 1.165) is 5.69 Å². The van der Waals surface area contributed by atoms with Crippen LogP contribution in [0, 0.1) is 0 Å². The number of likely N-dealkylation sites (N-methyl/N-ethyl adjacent to an activating group) is 1. The number of aliphatic hydroxyl groups is 1. The highest BCUT2D eigenvalue weighted by Gasteiger charge is 2.15. The molecule has 6 heteroatoms. The standard InChI is InChI=1S/C14H23N3O3/c1-16(13-5-3-12(15)4-6-13)14(19)11-17(7-9-18)8-10-20-2/h3-6,18H,7-11,15H2,1-2H3. The summed E-state index contributed by atoms with van der Waals surface area (Å²) >= 11 is 0. The van der Waals surface area contributed by atoms with Crippen LogP contribution in [0.15, 0.2) is 24.3 Å². The first kappa shape index (κ1) is 16.4. The van der Waals surface area contributed by atoms with Crippen LogP contribution in [0.1, 0.15) is 0 Å². The molecule has 0 aliphatic rings. The molecule has 0 spiro atoms. The molecule has 0 bridgehead atoms. The maximum absolute atomic E-state index is 12.2. The molecule has 0 aliphatic heterocycles. The minimum Gasteiger partial charge on any atom is -0.399 e. The molecule has 20 heavy (non-hydrogen) atoms. The zero-order chi connectivity index (χ0) is 15.0. The van der Waals surface area contributed by atoms with E-state index < -0.39 is 0 Å². The molecule has 0 aliphatic carbocycles. The normalized spacial score (nSPS) is 10.8. The van der Waals surface area contributed by atoms with Gasteiger partial charge < -0.3 is 20.5 Å². The number of hydrogen-bond acceptors (Lipinski definition) is 5. The smallest absolute Gasteiger partial charge is 0.240 e. The second-order valence-corrected chi connectivity index (χ2v) is 4.54. The van der Waals surface area contributed by atoms with Gasteiger partial charge in [-0.3, -0.25) is 9.69 Å². The van der Waals surface area contributed by atoms with E-state index in [1.165, 1.54) is 0 Å². The monoisotopic (exact) mass is 281 g/mol. The lowest BCUT2D eigenvalue weighted by atomic mass is 10.2. The summed E-state index contributed by atoms with van der Waals surface area (Å²) in [5, 5.41) is 9.01. The molecule has 112 valence electrons. The Morgan fingerprint density at radius 3 is 2.50 bits per heavy atom. The topological polar surface area (TPSA) is 79.0 Å². The van der Waals surface area contributed by atoms with E-state index in [-0.39, 0.29) is 19.1 Å². The molecule has 0 fully saturated rings. The number of carbonyl (C=O) groups is 1. The van der Waals surface area contributed by atoms with E-state index in [4.69, 9.17) is 15.6 Å². The Labute approximate surface area is 119 Å². The fourth-order valence-corrected chi connectivity index (χ4v) is 1.77. The van der Waals surface area contributed by atoms with E-state index in [1.807, 2.05) is 4.90 Å². The van der Waals surface area contributed by atoms with Gasteiger partial charge in [0.2, 0.25) is 5.91 Å². The third-order valence-electron chi connectivity index (χ3n) is 3.04. The first-order valence-corrected chi connectivity index (χ1v) is 6.52. The maximum Gasteiger partial charge on any atom is 0.240 e. The highest BCUT2D eigenvalue weighted by Crippen LogP contribution is 2.15. The lowest BCUT2D eigenvalue weighted by molar-refractivity contribution is -0.119. The van der Waals surface area contributed by atoms with Gasteiger partial charge in [-0.1, -0.05) is 0 Å². The number of ether oxygens (including phenoxy) is 1. The minimum absolute atomic E-state index is 0.0164. The Hall–Kier alpha value is -1.63. The number of methoxy groups -OCH3 is 1. The molecule has 1 amide bonds. The van der Waals surface area contributed by atoms with Gasteiger partial charge in [-0.25, -0.2) is 0 Å². The summed E-state index contributed by atoms with van der Waals surface area (Å²) in [5.41, 5.74) is 7.08. The average Bonchev–Trinajstić information content (AvgIpc) is 2.45. The Kier molecular flexibility index (Phi) is 7.00. The van der Waals surface area contributed by atoms with Gasteiger partial charge >= 0.3 is 0 Å². The molecule has 6 nitrogen and oxygen atoms in total. The number of hydrogen-bond donors (Lipinski definition) is 2. The molecule has 0 unspecified atom stereocenters. The van der Waals surface area contributed by atoms with Gasteiger partial charge in [-0.15, -0.1) is 0 Å². The van der Waals surface area contributed by atoms with Crippen molar-refractivity contribution in [1.29, 1.82) is 0 Å². The fourth-order valence-electron chi connectivity index (χ4n) is 1.77. The van der Waals surface area contributed by atoms with Crippen molar-refractivity contribution in [2.75, 3.05) is 57.6 Å². The molecule has 0 saturated carbocycles. The van der Waals surface area contributed by atoms with E-state index in [1.54, 1.807) is 43.3 Å². The zero-order valence-corrected chi connectivity index (χ0v) is 12.1. The van der Waals surface area contributed by atoms with Crippen LogP contribution in [0.25, 0.3) is 0 Å². The van der Waals surface area contributed by atoms with Crippen LogP contribution in [-0.4, -0.2) is 62.9 Å². The summed E-state index contributed by atoms with van der Waals surface area (Å²) in [6, 6.07) is 7.13. The van der Waals surface area contributed by atoms with Crippen LogP contribution in [0.5, 0.6) is 0 Å². The van der Waals surface area contributed by atoms with Crippen molar-refractivity contribution in [3.8, 4) is 0 Å². The Morgan fingerprint density at radius 1 is 1.30 bits per heavy atom. The molecular formula is C14H23N3O3. The van der Waals surface area contributed by atoms with Gasteiger partial charge in [0.05, 0.1) is 19.8 Å². The third kappa shape index (κ3) is 5.16. The van der Waals surface area contributed by atoms with Gasteiger partial charge in [0.25, 0.3) is 0 Å². The third-order valence-corrected chi connectivity index (χ3v) is 3.04. The Morgan fingerprint density at radius 2 is 1.95 bits per heavy atom. The van der Waals surface area contributed by atoms with Gasteiger partial charge in [-0.05, 0) is 24.3 Å². The highest BCUT2D eigenvalue weighted by molar-refractivity contribution is 5.94. The molecule has 1 rings (SSSR count). The van der Waals surface area contributed by atoms with E-state index in [9.17, 15) is 4.79 Å². The number of nitrogens with two attached hydrogens (primary N) is 1. The second-order valence-electron chi connectivity index (χ2n) is 4.54. The van der Waals surface area contributed by atoms with Gasteiger partial charge in [-0.2, -0.15) is 0 Å². The molecule has 0 radical (unpaired) electrons. The maximum atomic E-state index is 12.2. The van der Waals surface area contributed by atoms with Crippen LogP contribution in [0.3, 0.4) is 0 Å². The number of benzene rings is 1. The number of aliphatic hydroxyl groups excluding tert-OH is 1. The summed E-state index contributed by atoms with van der Waals surface area (Å²) < 4.78 is 5.00. The van der Waals surface area contributed by atoms with Gasteiger partial charge in [0, 0.05) is 38.6 Å². The highest BCUT2D eigenvalue weighted by atomic mass is 16.5. The first-order chi connectivity index (χ1) is 9.58. The summed E-state index contributed by atoms with van der Waals surface area (Å²) in [7, 11) is 3.33. The molecule has 0 heterocycles. The molecule has 0 atom stereocenters. The second kappa shape index (κ2) is 8.52. The van der Waals surface area contributed by atoms with Crippen molar-refractivity contribution < 1.29 is 14.6 Å². The quantitative estimate of drug-likeness (QED) is 0.664. The van der Waals surface area contributed by atoms with Crippen LogP contribution in [-0.2, 0) is 9.53 Å². The predicted molar refractivity (Wildman–Crippen MR) is 79.7 cm³/mol. The Bertz CT molecular complexity index is 409. The predicted octanol–water partition coefficient (Wildman–Crippen LogP) is 0.172. The molecule has 3 N–H and O–H groups in total. The van der Waals surface area contributed by atoms with Crippen LogP contribution < -0.4 is 10.6 Å². The van der Waals surface area contributed by atoms with Gasteiger partial charge in [0.1, 0.15) is 0 Å². The zero-order valence-electron chi connectivity index (χ0n) is 12.1. The van der Waals surface area contributed by atoms with Crippen molar-refractivity contribution in [2.45, 2.75) is 0 Å². The summed E-state index contributed by atoms with van der Waals surface area (Å²) in [6.07, 6.45) is 0. The van der Waals surface area contributed by atoms with E-state index >= 15 is 0 Å². The number of nitrogens with zero attached hydrogens (tertiary/aromatic N) is 2. The van der Waals surface area contributed by atoms with E-state index in [2.05, 4.69) is 0 Å². The SMILES string of the molecule is COCCN(CCO)CC(=O)N(C)c1ccc(N)cc1. The van der Waals surface area contributed by atoms with Gasteiger partial charge in [0.15, 0.2) is 0 Å². The van der Waals surface area contributed by atoms with Crippen molar-refractivity contribution in [3.63, 3.8) is 0 Å². The Balaban J connectivity index is 2.60. The average molecular weight is 281 g/mol. The number of amides is 1. The lowest BCUT2D eigenvalue weighted by Crippen LogP contribution is -2.41.